The summed E-state index contributed by atoms with van der Waals surface area (Å²) in [5, 5.41) is 1.75. The van der Waals surface area contributed by atoms with Gasteiger partial charge in [0.15, 0.2) is 0 Å². The topological polar surface area (TPSA) is 64.0 Å². The third kappa shape index (κ3) is 3.05. The number of rotatable bonds is 5. The van der Waals surface area contributed by atoms with Crippen molar-refractivity contribution in [3.8, 4) is 0 Å². The van der Waals surface area contributed by atoms with Gasteiger partial charge in [-0.3, -0.25) is 0 Å². The molecule has 0 radical (unpaired) electrons. The molecule has 26 heavy (non-hydrogen) atoms. The summed E-state index contributed by atoms with van der Waals surface area (Å²) in [7, 11) is -1.75. The Balaban J connectivity index is 1.85. The van der Waals surface area contributed by atoms with Gasteiger partial charge >= 0.3 is 0 Å². The first-order valence-electron chi connectivity index (χ1n) is 8.08. The van der Waals surface area contributed by atoms with E-state index in [-0.39, 0.29) is 4.21 Å². The maximum atomic E-state index is 12.8. The molecule has 1 N–H and O–H groups in total. The number of nitrogens with zero attached hydrogens (tertiary/aromatic N) is 2. The molecule has 5 nitrogen and oxygen atoms in total. The van der Waals surface area contributed by atoms with Crippen LogP contribution in [0.25, 0.3) is 11.0 Å². The van der Waals surface area contributed by atoms with Crippen molar-refractivity contribution in [2.45, 2.75) is 10.3 Å². The van der Waals surface area contributed by atoms with Crippen molar-refractivity contribution in [3.63, 3.8) is 0 Å². The molecule has 132 valence electrons. The molecular weight excluding hydrogens is 366 g/mol. The Morgan fingerprint density at radius 1 is 1.00 bits per heavy atom. The third-order valence-electron chi connectivity index (χ3n) is 4.25. The number of imidazole rings is 1. The minimum absolute atomic E-state index is 0.289. The molecule has 4 aromatic rings. The predicted octanol–water partition coefficient (Wildman–Crippen LogP) is 3.70. The van der Waals surface area contributed by atoms with Crippen molar-refractivity contribution in [2.75, 3.05) is 0 Å². The Morgan fingerprint density at radius 3 is 2.42 bits per heavy atom. The number of nitrogens with one attached hydrogen (secondary N) is 1. The van der Waals surface area contributed by atoms with Gasteiger partial charge in [-0.1, -0.05) is 48.5 Å². The summed E-state index contributed by atoms with van der Waals surface area (Å²) in [5.41, 5.74) is 2.63. The molecule has 0 fully saturated rings. The molecule has 0 saturated carbocycles. The first-order chi connectivity index (χ1) is 12.6. The summed E-state index contributed by atoms with van der Waals surface area (Å²) >= 11 is 1.19. The van der Waals surface area contributed by atoms with E-state index in [4.69, 9.17) is 4.98 Å². The van der Waals surface area contributed by atoms with E-state index in [1.807, 2.05) is 66.2 Å². The largest absolute Gasteiger partial charge is 0.329 e. The van der Waals surface area contributed by atoms with Crippen LogP contribution in [0.4, 0.5) is 0 Å². The lowest BCUT2D eigenvalue weighted by Gasteiger charge is -2.18. The molecule has 2 heterocycles. The molecule has 0 aliphatic carbocycles. The first-order valence-corrected chi connectivity index (χ1v) is 10.4. The van der Waals surface area contributed by atoms with E-state index in [2.05, 4.69) is 4.72 Å². The number of aryl methyl sites for hydroxylation is 1. The molecule has 0 aliphatic rings. The van der Waals surface area contributed by atoms with Crippen LogP contribution < -0.4 is 4.72 Å². The van der Waals surface area contributed by atoms with Gasteiger partial charge in [0.2, 0.25) is 0 Å². The molecule has 0 bridgehead atoms. The fraction of sp³-hybridized carbons (Fsp3) is 0.105. The van der Waals surface area contributed by atoms with E-state index in [0.29, 0.717) is 5.82 Å². The van der Waals surface area contributed by atoms with Gasteiger partial charge in [-0.25, -0.2) is 13.4 Å². The molecule has 7 heteroatoms. The summed E-state index contributed by atoms with van der Waals surface area (Å²) in [6, 6.07) is 20.0. The number of hydrogen-bond donors (Lipinski definition) is 1. The number of fused-ring (bicyclic) bond motifs is 1. The fourth-order valence-electron chi connectivity index (χ4n) is 2.97. The maximum absolute atomic E-state index is 12.8. The van der Waals surface area contributed by atoms with Crippen LogP contribution >= 0.6 is 11.3 Å². The van der Waals surface area contributed by atoms with Gasteiger partial charge in [0.25, 0.3) is 10.0 Å². The van der Waals surface area contributed by atoms with Crippen molar-refractivity contribution in [1.82, 2.24) is 14.3 Å². The summed E-state index contributed by atoms with van der Waals surface area (Å²) in [6.07, 6.45) is 0. The van der Waals surface area contributed by atoms with E-state index in [0.717, 1.165) is 16.6 Å². The van der Waals surface area contributed by atoms with Gasteiger partial charge < -0.3 is 4.57 Å². The van der Waals surface area contributed by atoms with E-state index in [9.17, 15) is 8.42 Å². The summed E-state index contributed by atoms with van der Waals surface area (Å²) in [5.74, 6) is 0.650. The van der Waals surface area contributed by atoms with Crippen LogP contribution in [0.3, 0.4) is 0 Å². The van der Waals surface area contributed by atoms with Gasteiger partial charge in [-0.15, -0.1) is 11.3 Å². The molecular formula is C19H17N3O2S2. The number of hydrogen-bond acceptors (Lipinski definition) is 4. The predicted molar refractivity (Wildman–Crippen MR) is 104 cm³/mol. The Morgan fingerprint density at radius 2 is 1.73 bits per heavy atom. The molecule has 0 aliphatic heterocycles. The second-order valence-electron chi connectivity index (χ2n) is 5.91. The minimum Gasteiger partial charge on any atom is -0.329 e. The highest BCUT2D eigenvalue weighted by Crippen LogP contribution is 2.27. The SMILES string of the molecule is Cn1c([C@@H](NS(=O)(=O)c2cccs2)c2ccccc2)nc2ccccc21. The van der Waals surface area contributed by atoms with E-state index in [1.165, 1.54) is 11.3 Å². The van der Waals surface area contributed by atoms with Crippen molar-refractivity contribution < 1.29 is 8.42 Å². The lowest BCUT2D eigenvalue weighted by atomic mass is 10.1. The lowest BCUT2D eigenvalue weighted by molar-refractivity contribution is 0.565. The molecule has 1 atom stereocenters. The molecule has 0 amide bonds. The minimum atomic E-state index is -3.65. The number of aromatic nitrogens is 2. The van der Waals surface area contributed by atoms with Crippen LogP contribution in [-0.4, -0.2) is 18.0 Å². The number of benzene rings is 2. The van der Waals surface area contributed by atoms with Crippen molar-refractivity contribution in [1.29, 1.82) is 0 Å². The molecule has 4 rings (SSSR count). The second kappa shape index (κ2) is 6.68. The van der Waals surface area contributed by atoms with Crippen LogP contribution in [0, 0.1) is 0 Å². The summed E-state index contributed by atoms with van der Waals surface area (Å²) < 4.78 is 30.7. The zero-order valence-corrected chi connectivity index (χ0v) is 15.7. The van der Waals surface area contributed by atoms with Crippen molar-refractivity contribution in [2.24, 2.45) is 7.05 Å². The number of sulfonamides is 1. The van der Waals surface area contributed by atoms with E-state index < -0.39 is 16.1 Å². The fourth-order valence-corrected chi connectivity index (χ4v) is 5.16. The zero-order chi connectivity index (χ0) is 18.1. The van der Waals surface area contributed by atoms with E-state index in [1.54, 1.807) is 17.5 Å². The van der Waals surface area contributed by atoms with Gasteiger partial charge in [0.05, 0.1) is 11.0 Å². The van der Waals surface area contributed by atoms with Gasteiger partial charge in [0, 0.05) is 7.05 Å². The Kier molecular flexibility index (Phi) is 4.36. The summed E-state index contributed by atoms with van der Waals surface area (Å²) in [4.78, 5) is 4.69. The summed E-state index contributed by atoms with van der Waals surface area (Å²) in [6.45, 7) is 0. The van der Waals surface area contributed by atoms with Crippen molar-refractivity contribution in [3.05, 3.63) is 83.5 Å². The Hall–Kier alpha value is -2.48. The molecule has 0 spiro atoms. The van der Waals surface area contributed by atoms with Gasteiger partial charge in [0.1, 0.15) is 16.1 Å². The lowest BCUT2D eigenvalue weighted by Crippen LogP contribution is -2.30. The number of para-hydroxylation sites is 2. The van der Waals surface area contributed by atoms with Crippen LogP contribution in [-0.2, 0) is 17.1 Å². The monoisotopic (exact) mass is 383 g/mol. The molecule has 2 aromatic heterocycles. The van der Waals surface area contributed by atoms with Crippen LogP contribution in [0.5, 0.6) is 0 Å². The quantitative estimate of drug-likeness (QED) is 0.571. The Labute approximate surface area is 156 Å². The number of thiophene rings is 1. The molecule has 0 saturated heterocycles. The first kappa shape index (κ1) is 17.0. The van der Waals surface area contributed by atoms with Crippen LogP contribution in [0.2, 0.25) is 0 Å². The highest BCUT2D eigenvalue weighted by atomic mass is 32.2. The Bertz CT molecular complexity index is 1130. The highest BCUT2D eigenvalue weighted by molar-refractivity contribution is 7.91. The van der Waals surface area contributed by atoms with E-state index >= 15 is 0 Å². The smallest absolute Gasteiger partial charge is 0.251 e. The second-order valence-corrected chi connectivity index (χ2v) is 8.80. The third-order valence-corrected chi connectivity index (χ3v) is 7.07. The van der Waals surface area contributed by atoms with Crippen LogP contribution in [0.15, 0.2) is 76.3 Å². The zero-order valence-electron chi connectivity index (χ0n) is 14.0. The standard InChI is InChI=1S/C19H17N3O2S2/c1-22-16-11-6-5-10-15(16)20-19(22)18(14-8-3-2-4-9-14)21-26(23,24)17-12-7-13-25-17/h2-13,18,21H,1H3/t18-/m0/s1. The molecule has 2 aromatic carbocycles. The van der Waals surface area contributed by atoms with Crippen molar-refractivity contribution >= 4 is 32.4 Å². The van der Waals surface area contributed by atoms with Crippen LogP contribution in [0.1, 0.15) is 17.4 Å². The average Bonchev–Trinajstić information content (AvgIpc) is 3.30. The average molecular weight is 383 g/mol. The van der Waals surface area contributed by atoms with Gasteiger partial charge in [-0.05, 0) is 29.1 Å². The maximum Gasteiger partial charge on any atom is 0.251 e. The highest BCUT2D eigenvalue weighted by Gasteiger charge is 2.27. The normalized spacial score (nSPS) is 13.1. The molecule has 0 unspecified atom stereocenters. The van der Waals surface area contributed by atoms with Gasteiger partial charge in [-0.2, -0.15) is 4.72 Å².